The zero-order valence-electron chi connectivity index (χ0n) is 19.7. The van der Waals surface area contributed by atoms with Gasteiger partial charge < -0.3 is 29.4 Å². The number of carbonyl (C=O) groups excluding carboxylic acids is 1. The number of fused-ring (bicyclic) bond motifs is 1. The summed E-state index contributed by atoms with van der Waals surface area (Å²) in [7, 11) is 0. The van der Waals surface area contributed by atoms with E-state index in [9.17, 15) is 9.90 Å². The summed E-state index contributed by atoms with van der Waals surface area (Å²) in [6.07, 6.45) is 3.22. The number of hydrogen-bond donors (Lipinski definition) is 2. The lowest BCUT2D eigenvalue weighted by Crippen LogP contribution is -2.36. The second-order valence-electron chi connectivity index (χ2n) is 8.84. The van der Waals surface area contributed by atoms with Crippen LogP contribution < -0.4 is 15.1 Å². The van der Waals surface area contributed by atoms with Crippen molar-refractivity contribution in [3.8, 4) is 11.5 Å². The van der Waals surface area contributed by atoms with Crippen molar-refractivity contribution in [1.82, 2.24) is 19.9 Å². The summed E-state index contributed by atoms with van der Waals surface area (Å²) >= 11 is 1.53. The molecule has 12 heteroatoms. The molecule has 4 aromatic rings. The minimum absolute atomic E-state index is 0.158. The average molecular weight is 508 g/mol. The number of ether oxygens (including phenoxy) is 1. The van der Waals surface area contributed by atoms with Gasteiger partial charge in [-0.15, -0.1) is 0 Å². The van der Waals surface area contributed by atoms with E-state index >= 15 is 0 Å². The van der Waals surface area contributed by atoms with Crippen molar-refractivity contribution in [2.75, 3.05) is 54.5 Å². The van der Waals surface area contributed by atoms with Crippen LogP contribution in [0.4, 0.5) is 16.6 Å². The predicted octanol–water partition coefficient (Wildman–Crippen LogP) is 2.71. The number of amides is 1. The molecule has 0 aliphatic carbocycles. The van der Waals surface area contributed by atoms with Crippen molar-refractivity contribution >= 4 is 44.2 Å². The molecule has 11 nitrogen and oxygen atoms in total. The van der Waals surface area contributed by atoms with E-state index < -0.39 is 12.0 Å². The number of aryl methyl sites for hydroxylation is 1. The van der Waals surface area contributed by atoms with Gasteiger partial charge >= 0.3 is 0 Å². The highest BCUT2D eigenvalue weighted by molar-refractivity contribution is 7.22. The molecule has 2 fully saturated rings. The molecule has 6 heterocycles. The van der Waals surface area contributed by atoms with Gasteiger partial charge in [-0.05, 0) is 31.5 Å². The number of nitrogens with zero attached hydrogens (tertiary/aromatic N) is 6. The lowest BCUT2D eigenvalue weighted by atomic mass is 10.2. The molecule has 4 aromatic heterocycles. The highest BCUT2D eigenvalue weighted by Gasteiger charge is 2.27. The fraction of sp³-hybridized carbons (Fsp3) is 0.375. The van der Waals surface area contributed by atoms with Crippen LogP contribution >= 0.6 is 11.3 Å². The molecule has 0 bridgehead atoms. The molecule has 186 valence electrons. The fourth-order valence-electron chi connectivity index (χ4n) is 4.38. The van der Waals surface area contributed by atoms with Crippen molar-refractivity contribution in [3.05, 3.63) is 42.0 Å². The summed E-state index contributed by atoms with van der Waals surface area (Å²) in [5, 5.41) is 14.0. The second-order valence-corrected chi connectivity index (χ2v) is 9.85. The largest absolute Gasteiger partial charge is 0.444 e. The van der Waals surface area contributed by atoms with Gasteiger partial charge in [0.25, 0.3) is 5.91 Å². The third kappa shape index (κ3) is 4.50. The standard InChI is InChI=1S/C24H25N7O4S/c1-14-10-15(2-4-25-14)23-27-18(13-35-23)22(33)26-17-11-19-20(28-21(17)31-5-3-16(32)12-31)29-24(36-19)30-6-8-34-9-7-30/h2,4,10-11,13,16,32H,3,5-9,12H2,1H3,(H,26,33). The Hall–Kier alpha value is -3.61. The van der Waals surface area contributed by atoms with Gasteiger partial charge in [0.2, 0.25) is 5.89 Å². The van der Waals surface area contributed by atoms with E-state index in [1.165, 1.54) is 17.6 Å². The SMILES string of the molecule is Cc1cc(-c2nc(C(=O)Nc3cc4sc(N5CCOCC5)nc4nc3N3CCC(O)C3)co2)ccn1. The van der Waals surface area contributed by atoms with Crippen LogP contribution in [0.3, 0.4) is 0 Å². The number of hydrogen-bond acceptors (Lipinski definition) is 11. The number of β-amino-alcohol motifs (C(OH)–C–C–N with tert-alkyl or cyclic N) is 1. The van der Waals surface area contributed by atoms with Gasteiger partial charge in [-0.25, -0.2) is 9.97 Å². The maximum Gasteiger partial charge on any atom is 0.277 e. The highest BCUT2D eigenvalue weighted by Crippen LogP contribution is 2.36. The quantitative estimate of drug-likeness (QED) is 0.416. The molecule has 1 unspecified atom stereocenters. The van der Waals surface area contributed by atoms with Crippen LogP contribution in [0, 0.1) is 6.92 Å². The van der Waals surface area contributed by atoms with Crippen LogP contribution in [0.15, 0.2) is 35.1 Å². The van der Waals surface area contributed by atoms with Gasteiger partial charge in [0.15, 0.2) is 22.3 Å². The molecule has 36 heavy (non-hydrogen) atoms. The molecular weight excluding hydrogens is 482 g/mol. The number of nitrogens with one attached hydrogen (secondary N) is 1. The second kappa shape index (κ2) is 9.45. The van der Waals surface area contributed by atoms with E-state index in [-0.39, 0.29) is 5.69 Å². The number of anilines is 3. The van der Waals surface area contributed by atoms with Crippen LogP contribution in [-0.4, -0.2) is 76.4 Å². The van der Waals surface area contributed by atoms with Gasteiger partial charge in [0.1, 0.15) is 6.26 Å². The molecule has 1 amide bonds. The number of thiazole rings is 1. The number of pyridine rings is 2. The summed E-state index contributed by atoms with van der Waals surface area (Å²) in [5.74, 6) is 0.523. The Bertz CT molecular complexity index is 1410. The molecule has 2 aliphatic heterocycles. The van der Waals surface area contributed by atoms with Crippen molar-refractivity contribution < 1.29 is 19.1 Å². The van der Waals surface area contributed by atoms with Crippen molar-refractivity contribution in [2.45, 2.75) is 19.4 Å². The average Bonchev–Trinajstić information content (AvgIpc) is 3.63. The highest BCUT2D eigenvalue weighted by atomic mass is 32.1. The first-order valence-corrected chi connectivity index (χ1v) is 12.6. The number of morpholine rings is 1. The monoisotopic (exact) mass is 507 g/mol. The van der Waals surface area contributed by atoms with E-state index in [1.807, 2.05) is 24.0 Å². The Morgan fingerprint density at radius 1 is 1.17 bits per heavy atom. The summed E-state index contributed by atoms with van der Waals surface area (Å²) in [6, 6.07) is 5.53. The zero-order valence-corrected chi connectivity index (χ0v) is 20.5. The Balaban J connectivity index is 1.31. The first kappa shape index (κ1) is 22.8. The van der Waals surface area contributed by atoms with E-state index in [0.717, 1.165) is 34.2 Å². The number of oxazole rings is 1. The van der Waals surface area contributed by atoms with Crippen molar-refractivity contribution in [1.29, 1.82) is 0 Å². The number of aliphatic hydroxyl groups is 1. The maximum atomic E-state index is 13.2. The third-order valence-electron chi connectivity index (χ3n) is 6.22. The van der Waals surface area contributed by atoms with Gasteiger partial charge in [0, 0.05) is 43.6 Å². The third-order valence-corrected chi connectivity index (χ3v) is 7.28. The maximum absolute atomic E-state index is 13.2. The molecule has 0 radical (unpaired) electrons. The number of carbonyl (C=O) groups is 1. The smallest absolute Gasteiger partial charge is 0.277 e. The van der Waals surface area contributed by atoms with Gasteiger partial charge in [-0.3, -0.25) is 9.78 Å². The lowest BCUT2D eigenvalue weighted by Gasteiger charge is -2.25. The Morgan fingerprint density at radius 2 is 2.03 bits per heavy atom. The molecular formula is C24H25N7O4S. The minimum atomic E-state index is -0.438. The van der Waals surface area contributed by atoms with Crippen LogP contribution in [0.1, 0.15) is 22.6 Å². The molecule has 6 rings (SSSR count). The Morgan fingerprint density at radius 3 is 2.81 bits per heavy atom. The number of aromatic nitrogens is 4. The Labute approximate surface area is 210 Å². The van der Waals surface area contributed by atoms with E-state index in [0.29, 0.717) is 55.8 Å². The molecule has 2 aliphatic rings. The van der Waals surface area contributed by atoms with Gasteiger partial charge in [0.05, 0.1) is 29.7 Å². The molecule has 0 aromatic carbocycles. The van der Waals surface area contributed by atoms with Crippen molar-refractivity contribution in [2.24, 2.45) is 0 Å². The summed E-state index contributed by atoms with van der Waals surface area (Å²) in [5.41, 5.74) is 2.90. The number of aliphatic hydroxyl groups excluding tert-OH is 1. The van der Waals surface area contributed by atoms with Crippen LogP contribution in [0.25, 0.3) is 21.8 Å². The summed E-state index contributed by atoms with van der Waals surface area (Å²) < 4.78 is 11.9. The zero-order chi connectivity index (χ0) is 24.6. The first-order valence-electron chi connectivity index (χ1n) is 11.8. The normalized spacial score (nSPS) is 18.2. The lowest BCUT2D eigenvalue weighted by molar-refractivity contribution is 0.102. The molecule has 0 saturated carbocycles. The molecule has 0 spiro atoms. The topological polar surface area (TPSA) is 130 Å². The molecule has 1 atom stereocenters. The van der Waals surface area contributed by atoms with Crippen LogP contribution in [0.5, 0.6) is 0 Å². The van der Waals surface area contributed by atoms with E-state index in [2.05, 4.69) is 20.2 Å². The van der Waals surface area contributed by atoms with Crippen LogP contribution in [-0.2, 0) is 4.74 Å². The Kier molecular flexibility index (Phi) is 5.99. The molecule has 2 N–H and O–H groups in total. The van der Waals surface area contributed by atoms with E-state index in [1.54, 1.807) is 12.3 Å². The molecule has 2 saturated heterocycles. The fourth-order valence-corrected chi connectivity index (χ4v) is 5.38. The predicted molar refractivity (Wildman–Crippen MR) is 136 cm³/mol. The van der Waals surface area contributed by atoms with Gasteiger partial charge in [-0.1, -0.05) is 11.3 Å². The van der Waals surface area contributed by atoms with Crippen molar-refractivity contribution in [3.63, 3.8) is 0 Å². The summed E-state index contributed by atoms with van der Waals surface area (Å²) in [6.45, 7) is 5.85. The minimum Gasteiger partial charge on any atom is -0.444 e. The summed E-state index contributed by atoms with van der Waals surface area (Å²) in [4.78, 5) is 35.4. The van der Waals surface area contributed by atoms with Gasteiger partial charge in [-0.2, -0.15) is 4.98 Å². The van der Waals surface area contributed by atoms with Crippen LogP contribution in [0.2, 0.25) is 0 Å². The van der Waals surface area contributed by atoms with E-state index in [4.69, 9.17) is 19.1 Å². The number of rotatable bonds is 5. The first-order chi connectivity index (χ1) is 17.5.